The molecule has 0 saturated heterocycles. The lowest BCUT2D eigenvalue weighted by Crippen LogP contribution is -2.30. The molecule has 0 saturated carbocycles. The molecule has 0 aromatic heterocycles. The minimum absolute atomic E-state index is 0.0396. The van der Waals surface area contributed by atoms with E-state index < -0.39 is 39.0 Å². The number of benzene rings is 2. The van der Waals surface area contributed by atoms with E-state index in [0.717, 1.165) is 7.11 Å². The highest BCUT2D eigenvalue weighted by Gasteiger charge is 2.51. The van der Waals surface area contributed by atoms with Gasteiger partial charge in [0, 0.05) is 5.56 Å². The van der Waals surface area contributed by atoms with Crippen LogP contribution in [-0.2, 0) is 23.8 Å². The highest BCUT2D eigenvalue weighted by atomic mass is 32.2. The van der Waals surface area contributed by atoms with Gasteiger partial charge in [-0.2, -0.15) is 21.6 Å². The zero-order valence-corrected chi connectivity index (χ0v) is 19.2. The monoisotopic (exact) mass is 516 g/mol. The molecule has 9 nitrogen and oxygen atoms in total. The molecule has 35 heavy (non-hydrogen) atoms. The second-order valence-corrected chi connectivity index (χ2v) is 8.84. The number of ether oxygens (including phenoxy) is 5. The third-order valence-corrected chi connectivity index (χ3v) is 5.96. The number of carbonyl (C=O) groups excluding carboxylic acids is 1. The molecule has 0 bridgehead atoms. The lowest BCUT2D eigenvalue weighted by atomic mass is 9.94. The lowest BCUT2D eigenvalue weighted by molar-refractivity contribution is -0.137. The third-order valence-electron chi connectivity index (χ3n) is 5.01. The van der Waals surface area contributed by atoms with Crippen LogP contribution in [0.25, 0.3) is 5.76 Å². The normalized spacial score (nSPS) is 16.9. The number of esters is 1. The number of halogens is 3. The molecule has 2 aromatic rings. The average molecular weight is 516 g/mol. The fraction of sp³-hybridized carbons (Fsp3) is 0.318. The first kappa shape index (κ1) is 24.5. The zero-order chi connectivity index (χ0) is 25.4. The van der Waals surface area contributed by atoms with Gasteiger partial charge in [-0.1, -0.05) is 19.1 Å². The summed E-state index contributed by atoms with van der Waals surface area (Å²) >= 11 is 0. The van der Waals surface area contributed by atoms with Gasteiger partial charge in [0.15, 0.2) is 23.4 Å². The largest absolute Gasteiger partial charge is 0.534 e. The van der Waals surface area contributed by atoms with Crippen molar-refractivity contribution in [3.05, 3.63) is 53.1 Å². The van der Waals surface area contributed by atoms with Crippen molar-refractivity contribution in [2.45, 2.75) is 25.0 Å². The second-order valence-electron chi connectivity index (χ2n) is 7.31. The summed E-state index contributed by atoms with van der Waals surface area (Å²) in [5, 5.41) is 0. The Hall–Kier alpha value is -3.61. The SMILES string of the molecule is CCCOc1cccc2c1C(OS(=O)(=O)C(F)(F)F)=C(C(=O)OC)C(c1ccc3c(c1)OCO3)O2. The molecule has 2 aromatic carbocycles. The maximum absolute atomic E-state index is 13.3. The Kier molecular flexibility index (Phi) is 6.45. The Bertz CT molecular complexity index is 1290. The summed E-state index contributed by atoms with van der Waals surface area (Å²) in [6.07, 6.45) is -0.876. The van der Waals surface area contributed by atoms with Gasteiger partial charge < -0.3 is 27.9 Å². The molecule has 1 unspecified atom stereocenters. The first-order chi connectivity index (χ1) is 16.6. The van der Waals surface area contributed by atoms with E-state index in [9.17, 15) is 26.4 Å². The summed E-state index contributed by atoms with van der Waals surface area (Å²) in [7, 11) is -5.21. The Morgan fingerprint density at radius 2 is 1.86 bits per heavy atom. The van der Waals surface area contributed by atoms with Gasteiger partial charge in [-0.05, 0) is 30.7 Å². The standard InChI is InChI=1S/C22H19F3O9S/c1-3-9-30-14-5-4-6-15-17(14)20(34-35(27,28)22(23,24)25)18(21(26)29-2)19(33-15)12-7-8-13-16(10-12)32-11-31-13/h4-8,10,19H,3,9,11H2,1-2H3. The molecule has 0 radical (unpaired) electrons. The van der Waals surface area contributed by atoms with E-state index in [-0.39, 0.29) is 36.0 Å². The molecule has 2 aliphatic heterocycles. The molecule has 0 spiro atoms. The molecular weight excluding hydrogens is 497 g/mol. The lowest BCUT2D eigenvalue weighted by Gasteiger charge is -2.30. The molecule has 2 heterocycles. The van der Waals surface area contributed by atoms with Crippen LogP contribution in [0.5, 0.6) is 23.0 Å². The molecule has 13 heteroatoms. The molecule has 188 valence electrons. The summed E-state index contributed by atoms with van der Waals surface area (Å²) in [5.74, 6) is -1.49. The van der Waals surface area contributed by atoms with Crippen LogP contribution in [0.15, 0.2) is 42.0 Å². The van der Waals surface area contributed by atoms with Gasteiger partial charge in [-0.25, -0.2) is 4.79 Å². The number of fused-ring (bicyclic) bond motifs is 2. The van der Waals surface area contributed by atoms with E-state index in [4.69, 9.17) is 23.7 Å². The molecule has 0 fully saturated rings. The molecule has 0 N–H and O–H groups in total. The molecular formula is C22H19F3O9S. The minimum atomic E-state index is -6.19. The fourth-order valence-corrected chi connectivity index (χ4v) is 3.96. The first-order valence-electron chi connectivity index (χ1n) is 10.2. The molecule has 0 aliphatic carbocycles. The Balaban J connectivity index is 1.97. The van der Waals surface area contributed by atoms with Crippen molar-refractivity contribution in [3.8, 4) is 23.0 Å². The van der Waals surface area contributed by atoms with E-state index in [0.29, 0.717) is 17.9 Å². The summed E-state index contributed by atoms with van der Waals surface area (Å²) in [6, 6.07) is 8.72. The predicted octanol–water partition coefficient (Wildman–Crippen LogP) is 4.09. The van der Waals surface area contributed by atoms with Crippen molar-refractivity contribution in [1.82, 2.24) is 0 Å². The Labute approximate surface area is 198 Å². The molecule has 0 amide bonds. The van der Waals surface area contributed by atoms with Gasteiger partial charge >= 0.3 is 21.6 Å². The number of methoxy groups -OCH3 is 1. The van der Waals surface area contributed by atoms with Crippen molar-refractivity contribution in [2.24, 2.45) is 0 Å². The smallest absolute Gasteiger partial charge is 0.493 e. The van der Waals surface area contributed by atoms with Gasteiger partial charge in [0.05, 0.1) is 13.7 Å². The third kappa shape index (κ3) is 4.55. The van der Waals surface area contributed by atoms with Gasteiger partial charge in [-0.3, -0.25) is 0 Å². The maximum Gasteiger partial charge on any atom is 0.534 e. The van der Waals surface area contributed by atoms with Crippen LogP contribution in [0.3, 0.4) is 0 Å². The van der Waals surface area contributed by atoms with Gasteiger partial charge in [-0.15, -0.1) is 0 Å². The van der Waals surface area contributed by atoms with Crippen LogP contribution >= 0.6 is 0 Å². The van der Waals surface area contributed by atoms with Crippen LogP contribution in [0.1, 0.15) is 30.6 Å². The highest BCUT2D eigenvalue weighted by Crippen LogP contribution is 2.49. The minimum Gasteiger partial charge on any atom is -0.493 e. The average Bonchev–Trinajstić information content (AvgIpc) is 3.28. The predicted molar refractivity (Wildman–Crippen MR) is 113 cm³/mol. The quantitative estimate of drug-likeness (QED) is 0.306. The molecule has 1 atom stereocenters. The Morgan fingerprint density at radius 3 is 2.54 bits per heavy atom. The second kappa shape index (κ2) is 9.21. The summed E-state index contributed by atoms with van der Waals surface area (Å²) in [5.41, 5.74) is -6.41. The van der Waals surface area contributed by atoms with Crippen LogP contribution in [0.4, 0.5) is 13.2 Å². The zero-order valence-electron chi connectivity index (χ0n) is 18.4. The van der Waals surface area contributed by atoms with Gasteiger partial charge in [0.2, 0.25) is 6.79 Å². The van der Waals surface area contributed by atoms with Gasteiger partial charge in [0.25, 0.3) is 0 Å². The van der Waals surface area contributed by atoms with Crippen molar-refractivity contribution in [1.29, 1.82) is 0 Å². The van der Waals surface area contributed by atoms with E-state index in [1.165, 1.54) is 36.4 Å². The maximum atomic E-state index is 13.3. The van der Waals surface area contributed by atoms with Crippen LogP contribution in [0, 0.1) is 0 Å². The van der Waals surface area contributed by atoms with Gasteiger partial charge in [0.1, 0.15) is 22.6 Å². The molecule has 4 rings (SSSR count). The summed E-state index contributed by atoms with van der Waals surface area (Å²) in [4.78, 5) is 12.9. The van der Waals surface area contributed by atoms with Crippen molar-refractivity contribution in [2.75, 3.05) is 20.5 Å². The molecule has 2 aliphatic rings. The number of hydrogen-bond donors (Lipinski definition) is 0. The number of carbonyl (C=O) groups is 1. The summed E-state index contributed by atoms with van der Waals surface area (Å²) < 4.78 is 95.5. The number of rotatable bonds is 7. The van der Waals surface area contributed by atoms with Crippen molar-refractivity contribution >= 4 is 21.8 Å². The highest BCUT2D eigenvalue weighted by molar-refractivity contribution is 7.87. The van der Waals surface area contributed by atoms with E-state index in [1.807, 2.05) is 0 Å². The number of hydrogen-bond acceptors (Lipinski definition) is 9. The van der Waals surface area contributed by atoms with Crippen LogP contribution in [-0.4, -0.2) is 40.4 Å². The topological polar surface area (TPSA) is 107 Å². The Morgan fingerprint density at radius 1 is 1.11 bits per heavy atom. The van der Waals surface area contributed by atoms with E-state index in [2.05, 4.69) is 4.18 Å². The number of alkyl halides is 3. The summed E-state index contributed by atoms with van der Waals surface area (Å²) in [6.45, 7) is 1.89. The van der Waals surface area contributed by atoms with Crippen LogP contribution in [0.2, 0.25) is 0 Å². The first-order valence-corrected chi connectivity index (χ1v) is 11.6. The van der Waals surface area contributed by atoms with Crippen LogP contribution < -0.4 is 18.9 Å². The van der Waals surface area contributed by atoms with Crippen molar-refractivity contribution < 1.29 is 54.3 Å². The van der Waals surface area contributed by atoms with E-state index >= 15 is 0 Å². The fourth-order valence-electron chi connectivity index (χ4n) is 3.47. The van der Waals surface area contributed by atoms with E-state index in [1.54, 1.807) is 6.92 Å². The van der Waals surface area contributed by atoms with Crippen molar-refractivity contribution in [3.63, 3.8) is 0 Å².